The predicted octanol–water partition coefficient (Wildman–Crippen LogP) is 4.93. The van der Waals surface area contributed by atoms with Crippen molar-refractivity contribution in [1.29, 1.82) is 0 Å². The van der Waals surface area contributed by atoms with Gasteiger partial charge >= 0.3 is 0 Å². The molecule has 1 aromatic heterocycles. The van der Waals surface area contributed by atoms with Crippen molar-refractivity contribution in [3.05, 3.63) is 66.1 Å². The zero-order valence-electron chi connectivity index (χ0n) is 19.8. The zero-order valence-corrected chi connectivity index (χ0v) is 19.8. The number of halogens is 1. The molecule has 1 heterocycles. The summed E-state index contributed by atoms with van der Waals surface area (Å²) in [7, 11) is 1.61. The molecule has 0 aliphatic rings. The molecule has 0 fully saturated rings. The van der Waals surface area contributed by atoms with Crippen LogP contribution in [0.3, 0.4) is 0 Å². The molecule has 0 aliphatic carbocycles. The molecule has 6 nitrogen and oxygen atoms in total. The Morgan fingerprint density at radius 1 is 1.15 bits per heavy atom. The Morgan fingerprint density at radius 3 is 2.55 bits per heavy atom. The van der Waals surface area contributed by atoms with Crippen LogP contribution in [-0.4, -0.2) is 53.4 Å². The fourth-order valence-corrected chi connectivity index (χ4v) is 3.78. The van der Waals surface area contributed by atoms with Crippen molar-refractivity contribution in [2.75, 3.05) is 26.7 Å². The molecule has 0 aliphatic heterocycles. The van der Waals surface area contributed by atoms with Crippen LogP contribution in [-0.2, 0) is 0 Å². The number of carbonyl (C=O) groups excluding carboxylic acids is 1. The molecule has 0 saturated carbocycles. The number of nitrogens with one attached hydrogen (secondary N) is 1. The van der Waals surface area contributed by atoms with Gasteiger partial charge in [-0.05, 0) is 81.9 Å². The highest BCUT2D eigenvalue weighted by atomic mass is 19.1. The second kappa shape index (κ2) is 11.6. The fraction of sp³-hybridized carbons (Fsp3) is 0.385. The predicted molar refractivity (Wildman–Crippen MR) is 129 cm³/mol. The number of carbonyl (C=O) groups is 1. The summed E-state index contributed by atoms with van der Waals surface area (Å²) in [6, 6.07) is 15.2. The van der Waals surface area contributed by atoms with Crippen molar-refractivity contribution in [3.8, 4) is 22.7 Å². The summed E-state index contributed by atoms with van der Waals surface area (Å²) in [5.74, 6) is 0.153. The van der Waals surface area contributed by atoms with Gasteiger partial charge in [0.1, 0.15) is 17.3 Å². The molecule has 2 aromatic carbocycles. The topological polar surface area (TPSA) is 59.4 Å². The van der Waals surface area contributed by atoms with Crippen molar-refractivity contribution < 1.29 is 13.9 Å². The third-order valence-electron chi connectivity index (χ3n) is 5.76. The van der Waals surface area contributed by atoms with Crippen LogP contribution in [0.15, 0.2) is 54.6 Å². The van der Waals surface area contributed by atoms with Crippen molar-refractivity contribution in [3.63, 3.8) is 0 Å². The Morgan fingerprint density at radius 2 is 1.88 bits per heavy atom. The highest BCUT2D eigenvalue weighted by Crippen LogP contribution is 2.25. The number of methoxy groups -OCH3 is 1. The molecule has 33 heavy (non-hydrogen) atoms. The molecule has 0 saturated heterocycles. The van der Waals surface area contributed by atoms with Crippen LogP contribution in [0.2, 0.25) is 0 Å². The number of aromatic nitrogens is 2. The zero-order chi connectivity index (χ0) is 23.8. The van der Waals surface area contributed by atoms with E-state index in [0.29, 0.717) is 22.8 Å². The van der Waals surface area contributed by atoms with Gasteiger partial charge in [-0.25, -0.2) is 9.07 Å². The number of rotatable bonds is 11. The van der Waals surface area contributed by atoms with Gasteiger partial charge in [0.05, 0.1) is 18.5 Å². The molecule has 1 N–H and O–H groups in total. The van der Waals surface area contributed by atoms with Gasteiger partial charge in [-0.2, -0.15) is 5.10 Å². The quantitative estimate of drug-likeness (QED) is 0.448. The van der Waals surface area contributed by atoms with Crippen LogP contribution >= 0.6 is 0 Å². The summed E-state index contributed by atoms with van der Waals surface area (Å²) in [4.78, 5) is 15.6. The van der Waals surface area contributed by atoms with Crippen molar-refractivity contribution in [2.45, 2.75) is 39.7 Å². The van der Waals surface area contributed by atoms with Gasteiger partial charge < -0.3 is 15.0 Å². The molecular formula is C26H33FN4O2. The maximum absolute atomic E-state index is 13.5. The van der Waals surface area contributed by atoms with E-state index in [2.05, 4.69) is 29.2 Å². The number of nitrogens with zero attached hydrogens (tertiary/aromatic N) is 3. The molecule has 1 atom stereocenters. The number of amides is 1. The van der Waals surface area contributed by atoms with Crippen LogP contribution in [0.1, 0.15) is 44.1 Å². The Bertz CT molecular complexity index is 1040. The number of benzene rings is 2. The smallest absolute Gasteiger partial charge is 0.270 e. The number of hydrogen-bond donors (Lipinski definition) is 1. The first kappa shape index (κ1) is 24.5. The lowest BCUT2D eigenvalue weighted by Crippen LogP contribution is -2.34. The Balaban J connectivity index is 1.83. The van der Waals surface area contributed by atoms with Crippen LogP contribution in [0, 0.1) is 5.82 Å². The molecule has 176 valence electrons. The molecule has 0 spiro atoms. The molecule has 3 aromatic rings. The third kappa shape index (κ3) is 6.42. The number of ether oxygens (including phenoxy) is 1. The summed E-state index contributed by atoms with van der Waals surface area (Å²) < 4.78 is 20.4. The van der Waals surface area contributed by atoms with Crippen LogP contribution in [0.25, 0.3) is 16.9 Å². The second-order valence-electron chi connectivity index (χ2n) is 8.08. The Hall–Kier alpha value is -3.19. The Kier molecular flexibility index (Phi) is 8.60. The fourth-order valence-electron chi connectivity index (χ4n) is 3.78. The summed E-state index contributed by atoms with van der Waals surface area (Å²) in [5.41, 5.74) is 2.48. The first-order chi connectivity index (χ1) is 15.9. The second-order valence-corrected chi connectivity index (χ2v) is 8.08. The lowest BCUT2D eigenvalue weighted by molar-refractivity contribution is 0.0929. The van der Waals surface area contributed by atoms with Gasteiger partial charge in [-0.15, -0.1) is 0 Å². The first-order valence-electron chi connectivity index (χ1n) is 11.5. The minimum absolute atomic E-state index is 0.0184. The maximum Gasteiger partial charge on any atom is 0.270 e. The normalized spacial score (nSPS) is 12.1. The Labute approximate surface area is 195 Å². The van der Waals surface area contributed by atoms with E-state index < -0.39 is 0 Å². The average Bonchev–Trinajstić information content (AvgIpc) is 3.28. The van der Waals surface area contributed by atoms with Gasteiger partial charge in [-0.1, -0.05) is 26.0 Å². The van der Waals surface area contributed by atoms with Crippen LogP contribution < -0.4 is 10.1 Å². The SMILES string of the molecule is CCN(CC)CCCC(C)NC(=O)c1cc(-c2cccc(OC)c2)nn1-c1ccc(F)cc1. The third-order valence-corrected chi connectivity index (χ3v) is 5.76. The molecule has 7 heteroatoms. The highest BCUT2D eigenvalue weighted by molar-refractivity contribution is 5.94. The van der Waals surface area contributed by atoms with E-state index >= 15 is 0 Å². The molecular weight excluding hydrogens is 419 g/mol. The van der Waals surface area contributed by atoms with Gasteiger partial charge in [0.2, 0.25) is 0 Å². The minimum Gasteiger partial charge on any atom is -0.497 e. The van der Waals surface area contributed by atoms with Gasteiger partial charge in [0.15, 0.2) is 0 Å². The van der Waals surface area contributed by atoms with E-state index in [9.17, 15) is 9.18 Å². The van der Waals surface area contributed by atoms with Crippen LogP contribution in [0.4, 0.5) is 4.39 Å². The lowest BCUT2D eigenvalue weighted by atomic mass is 10.1. The van der Waals surface area contributed by atoms with Crippen molar-refractivity contribution in [2.24, 2.45) is 0 Å². The van der Waals surface area contributed by atoms with E-state index in [1.807, 2.05) is 31.2 Å². The summed E-state index contributed by atoms with van der Waals surface area (Å²) in [5, 5.41) is 7.76. The average molecular weight is 453 g/mol. The maximum atomic E-state index is 13.5. The lowest BCUT2D eigenvalue weighted by Gasteiger charge is -2.20. The van der Waals surface area contributed by atoms with Gasteiger partial charge in [-0.3, -0.25) is 4.79 Å². The first-order valence-corrected chi connectivity index (χ1v) is 11.5. The van der Waals surface area contributed by atoms with Gasteiger partial charge in [0.25, 0.3) is 5.91 Å². The molecule has 1 unspecified atom stereocenters. The molecule has 1 amide bonds. The number of hydrogen-bond acceptors (Lipinski definition) is 4. The largest absolute Gasteiger partial charge is 0.497 e. The summed E-state index contributed by atoms with van der Waals surface area (Å²) in [6.07, 6.45) is 1.89. The van der Waals surface area contributed by atoms with Crippen LogP contribution in [0.5, 0.6) is 5.75 Å². The van der Waals surface area contributed by atoms with Gasteiger partial charge in [0, 0.05) is 11.6 Å². The minimum atomic E-state index is -0.341. The summed E-state index contributed by atoms with van der Waals surface area (Å²) in [6.45, 7) is 9.40. The highest BCUT2D eigenvalue weighted by Gasteiger charge is 2.19. The summed E-state index contributed by atoms with van der Waals surface area (Å²) >= 11 is 0. The van der Waals surface area contributed by atoms with E-state index in [4.69, 9.17) is 4.74 Å². The standard InChI is InChI=1S/C26H33FN4O2/c1-5-30(6-2)16-8-9-19(3)28-26(32)25-18-24(20-10-7-11-23(17-20)33-4)29-31(25)22-14-12-21(27)13-15-22/h7,10-15,17-19H,5-6,8-9,16H2,1-4H3,(H,28,32). The van der Waals surface area contributed by atoms with Crippen molar-refractivity contribution >= 4 is 5.91 Å². The molecule has 0 bridgehead atoms. The van der Waals surface area contributed by atoms with E-state index in [0.717, 1.165) is 38.0 Å². The van der Waals surface area contributed by atoms with E-state index in [1.165, 1.54) is 12.1 Å². The van der Waals surface area contributed by atoms with Crippen molar-refractivity contribution in [1.82, 2.24) is 20.0 Å². The van der Waals surface area contributed by atoms with E-state index in [1.54, 1.807) is 30.0 Å². The molecule has 3 rings (SSSR count). The monoisotopic (exact) mass is 452 g/mol. The molecule has 0 radical (unpaired) electrons. The van der Waals surface area contributed by atoms with E-state index in [-0.39, 0.29) is 17.8 Å².